The van der Waals surface area contributed by atoms with Gasteiger partial charge < -0.3 is 10.4 Å². The first-order valence-corrected chi connectivity index (χ1v) is 6.97. The molecule has 4 heteroatoms. The molecule has 2 N–H and O–H groups in total. The molecule has 2 aliphatic rings. The summed E-state index contributed by atoms with van der Waals surface area (Å²) < 4.78 is 0. The van der Waals surface area contributed by atoms with E-state index in [0.29, 0.717) is 11.8 Å². The van der Waals surface area contributed by atoms with Gasteiger partial charge in [-0.05, 0) is 32.1 Å². The van der Waals surface area contributed by atoms with Crippen LogP contribution < -0.4 is 5.32 Å². The maximum Gasteiger partial charge on any atom is 0.328 e. The first-order chi connectivity index (χ1) is 8.42. The van der Waals surface area contributed by atoms with E-state index in [9.17, 15) is 9.59 Å². The maximum absolute atomic E-state index is 12.0. The lowest BCUT2D eigenvalue weighted by Gasteiger charge is -2.23. The lowest BCUT2D eigenvalue weighted by molar-refractivity contribution is -0.146. The molecule has 0 radical (unpaired) electrons. The van der Waals surface area contributed by atoms with E-state index in [-0.39, 0.29) is 11.8 Å². The Morgan fingerprint density at radius 3 is 2.33 bits per heavy atom. The fourth-order valence-electron chi connectivity index (χ4n) is 3.05. The molecule has 0 aromatic carbocycles. The minimum atomic E-state index is -1.16. The second-order valence-corrected chi connectivity index (χ2v) is 6.32. The molecule has 2 unspecified atom stereocenters. The van der Waals surface area contributed by atoms with Crippen LogP contribution in [0.1, 0.15) is 52.4 Å². The molecule has 2 aliphatic carbocycles. The van der Waals surface area contributed by atoms with Gasteiger partial charge in [-0.25, -0.2) is 4.79 Å². The van der Waals surface area contributed by atoms with Crippen molar-refractivity contribution < 1.29 is 14.7 Å². The van der Waals surface area contributed by atoms with Crippen molar-refractivity contribution in [1.29, 1.82) is 0 Å². The molecule has 2 saturated carbocycles. The Kier molecular flexibility index (Phi) is 3.64. The highest BCUT2D eigenvalue weighted by atomic mass is 16.4. The van der Waals surface area contributed by atoms with Gasteiger partial charge >= 0.3 is 5.97 Å². The summed E-state index contributed by atoms with van der Waals surface area (Å²) in [6, 6.07) is 0. The van der Waals surface area contributed by atoms with Crippen LogP contribution in [0.15, 0.2) is 0 Å². The van der Waals surface area contributed by atoms with Gasteiger partial charge in [0, 0.05) is 5.92 Å². The molecule has 0 aromatic rings. The predicted molar refractivity (Wildman–Crippen MR) is 68.0 cm³/mol. The molecule has 0 saturated heterocycles. The second-order valence-electron chi connectivity index (χ2n) is 6.32. The van der Waals surface area contributed by atoms with Gasteiger partial charge in [0.1, 0.15) is 5.54 Å². The number of nitrogens with one attached hydrogen (secondary N) is 1. The standard InChI is InChI=1S/C14H23NO3/c1-14(2,13(17)18)15-12(16)11-8-10(11)9-6-4-3-5-7-9/h9-11H,3-8H2,1-2H3,(H,15,16)(H,17,18). The van der Waals surface area contributed by atoms with Gasteiger partial charge in [-0.1, -0.05) is 32.1 Å². The Morgan fingerprint density at radius 2 is 1.78 bits per heavy atom. The third-order valence-corrected chi connectivity index (χ3v) is 4.40. The number of hydrogen-bond donors (Lipinski definition) is 2. The van der Waals surface area contributed by atoms with E-state index in [0.717, 1.165) is 6.42 Å². The van der Waals surface area contributed by atoms with Crippen molar-refractivity contribution >= 4 is 11.9 Å². The minimum Gasteiger partial charge on any atom is -0.480 e. The summed E-state index contributed by atoms with van der Waals surface area (Å²) in [5, 5.41) is 11.6. The van der Waals surface area contributed by atoms with Gasteiger partial charge in [0.05, 0.1) is 0 Å². The largest absolute Gasteiger partial charge is 0.480 e. The predicted octanol–water partition coefficient (Wildman–Crippen LogP) is 2.18. The zero-order chi connectivity index (χ0) is 13.3. The number of aliphatic carboxylic acids is 1. The molecule has 0 aromatic heterocycles. The SMILES string of the molecule is CC(C)(NC(=O)C1CC1C1CCCCC1)C(=O)O. The molecule has 4 nitrogen and oxygen atoms in total. The molecule has 2 rings (SSSR count). The number of carbonyl (C=O) groups excluding carboxylic acids is 1. The van der Waals surface area contributed by atoms with Crippen LogP contribution >= 0.6 is 0 Å². The summed E-state index contributed by atoms with van der Waals surface area (Å²) in [5.74, 6) is 0.216. The fraction of sp³-hybridized carbons (Fsp3) is 0.857. The molecule has 2 atom stereocenters. The molecule has 0 bridgehead atoms. The molecule has 102 valence electrons. The highest BCUT2D eigenvalue weighted by Gasteiger charge is 2.48. The van der Waals surface area contributed by atoms with Crippen molar-refractivity contribution in [3.05, 3.63) is 0 Å². The molecule has 18 heavy (non-hydrogen) atoms. The first kappa shape index (κ1) is 13.4. The second kappa shape index (κ2) is 4.90. The van der Waals surface area contributed by atoms with E-state index in [1.807, 2.05) is 0 Å². The van der Waals surface area contributed by atoms with Crippen LogP contribution in [-0.2, 0) is 9.59 Å². The minimum absolute atomic E-state index is 0.0618. The van der Waals surface area contributed by atoms with Crippen LogP contribution in [0.3, 0.4) is 0 Å². The third kappa shape index (κ3) is 2.85. The van der Waals surface area contributed by atoms with Crippen molar-refractivity contribution in [3.8, 4) is 0 Å². The molecule has 0 heterocycles. The van der Waals surface area contributed by atoms with Gasteiger partial charge in [-0.3, -0.25) is 4.79 Å². The molecule has 2 fully saturated rings. The quantitative estimate of drug-likeness (QED) is 0.807. The number of carboxylic acid groups (broad SMARTS) is 1. The Labute approximate surface area is 108 Å². The van der Waals surface area contributed by atoms with Crippen molar-refractivity contribution in [2.45, 2.75) is 57.9 Å². The highest BCUT2D eigenvalue weighted by Crippen LogP contribution is 2.49. The molecule has 0 aliphatic heterocycles. The van der Waals surface area contributed by atoms with Crippen molar-refractivity contribution in [3.63, 3.8) is 0 Å². The van der Waals surface area contributed by atoms with Crippen LogP contribution in [0, 0.1) is 17.8 Å². The van der Waals surface area contributed by atoms with Crippen molar-refractivity contribution in [2.24, 2.45) is 17.8 Å². The van der Waals surface area contributed by atoms with E-state index in [1.54, 1.807) is 0 Å². The zero-order valence-corrected chi connectivity index (χ0v) is 11.2. The van der Waals surface area contributed by atoms with Gasteiger partial charge in [-0.2, -0.15) is 0 Å². The van der Waals surface area contributed by atoms with E-state index in [4.69, 9.17) is 5.11 Å². The Morgan fingerprint density at radius 1 is 1.17 bits per heavy atom. The van der Waals surface area contributed by atoms with E-state index in [2.05, 4.69) is 5.32 Å². The number of hydrogen-bond acceptors (Lipinski definition) is 2. The number of carbonyl (C=O) groups is 2. The number of amides is 1. The first-order valence-electron chi connectivity index (χ1n) is 6.97. The summed E-state index contributed by atoms with van der Waals surface area (Å²) in [6.45, 7) is 3.07. The van der Waals surface area contributed by atoms with Gasteiger partial charge in [0.2, 0.25) is 5.91 Å². The average Bonchev–Trinajstić information content (AvgIpc) is 3.09. The van der Waals surface area contributed by atoms with Crippen LogP contribution in [0.25, 0.3) is 0 Å². The smallest absolute Gasteiger partial charge is 0.328 e. The van der Waals surface area contributed by atoms with E-state index >= 15 is 0 Å². The summed E-state index contributed by atoms with van der Waals surface area (Å²) in [7, 11) is 0. The van der Waals surface area contributed by atoms with Gasteiger partial charge in [0.25, 0.3) is 0 Å². The Hall–Kier alpha value is -1.06. The Balaban J connectivity index is 1.83. The fourth-order valence-corrected chi connectivity index (χ4v) is 3.05. The molecular formula is C14H23NO3. The van der Waals surface area contributed by atoms with E-state index < -0.39 is 11.5 Å². The normalized spacial score (nSPS) is 28.8. The summed E-state index contributed by atoms with van der Waals surface area (Å²) in [5.41, 5.74) is -1.16. The zero-order valence-electron chi connectivity index (χ0n) is 11.2. The third-order valence-electron chi connectivity index (χ3n) is 4.40. The van der Waals surface area contributed by atoms with Gasteiger partial charge in [0.15, 0.2) is 0 Å². The highest BCUT2D eigenvalue weighted by molar-refractivity contribution is 5.88. The molecule has 1 amide bonds. The number of rotatable bonds is 4. The summed E-state index contributed by atoms with van der Waals surface area (Å²) >= 11 is 0. The number of carboxylic acids is 1. The molecule has 0 spiro atoms. The van der Waals surface area contributed by atoms with Crippen LogP contribution in [0.5, 0.6) is 0 Å². The van der Waals surface area contributed by atoms with E-state index in [1.165, 1.54) is 46.0 Å². The maximum atomic E-state index is 12.0. The summed E-state index contributed by atoms with van der Waals surface area (Å²) in [6.07, 6.45) is 7.35. The molecular weight excluding hydrogens is 230 g/mol. The van der Waals surface area contributed by atoms with Crippen LogP contribution in [-0.4, -0.2) is 22.5 Å². The average molecular weight is 253 g/mol. The topological polar surface area (TPSA) is 66.4 Å². The lowest BCUT2D eigenvalue weighted by Crippen LogP contribution is -2.50. The summed E-state index contributed by atoms with van der Waals surface area (Å²) in [4.78, 5) is 23.0. The monoisotopic (exact) mass is 253 g/mol. The van der Waals surface area contributed by atoms with Crippen LogP contribution in [0.4, 0.5) is 0 Å². The van der Waals surface area contributed by atoms with Crippen molar-refractivity contribution in [2.75, 3.05) is 0 Å². The lowest BCUT2D eigenvalue weighted by atomic mass is 9.85. The van der Waals surface area contributed by atoms with Crippen LogP contribution in [0.2, 0.25) is 0 Å². The van der Waals surface area contributed by atoms with Gasteiger partial charge in [-0.15, -0.1) is 0 Å². The van der Waals surface area contributed by atoms with Crippen molar-refractivity contribution in [1.82, 2.24) is 5.32 Å². The Bertz CT molecular complexity index is 345.